The number of aliphatic carboxylic acids is 1. The van der Waals surface area contributed by atoms with Crippen LogP contribution < -0.4 is 10.1 Å². The van der Waals surface area contributed by atoms with E-state index in [4.69, 9.17) is 4.74 Å². The summed E-state index contributed by atoms with van der Waals surface area (Å²) in [7, 11) is 0. The molecule has 0 fully saturated rings. The summed E-state index contributed by atoms with van der Waals surface area (Å²) < 4.78 is 5.82. The number of rotatable bonds is 8. The zero-order chi connectivity index (χ0) is 18.3. The number of carboxylic acids is 1. The molecule has 2 aromatic rings. The third kappa shape index (κ3) is 6.98. The van der Waals surface area contributed by atoms with Crippen molar-refractivity contribution in [2.75, 3.05) is 0 Å². The summed E-state index contributed by atoms with van der Waals surface area (Å²) in [6, 6.07) is 16.8. The Bertz CT molecular complexity index is 677. The highest BCUT2D eigenvalue weighted by Crippen LogP contribution is 2.23. The molecule has 2 rings (SSSR count). The van der Waals surface area contributed by atoms with E-state index in [0.29, 0.717) is 13.0 Å². The van der Waals surface area contributed by atoms with Crippen LogP contribution in [0, 0.1) is 5.41 Å². The molecule has 0 aliphatic carbocycles. The number of hydrogen-bond acceptors (Lipinski definition) is 3. The second-order valence-electron chi connectivity index (χ2n) is 7.43. The number of para-hydroxylation sites is 1. The molecule has 0 saturated carbocycles. The van der Waals surface area contributed by atoms with E-state index >= 15 is 0 Å². The quantitative estimate of drug-likeness (QED) is 0.721. The summed E-state index contributed by atoms with van der Waals surface area (Å²) >= 11 is 0. The SMILES string of the molecule is CC(C)(C)CC[C@H](NCc1cccc(Oc2ccccc2)c1)C(=O)O. The largest absolute Gasteiger partial charge is 0.480 e. The van der Waals surface area contributed by atoms with Gasteiger partial charge in [-0.2, -0.15) is 0 Å². The number of ether oxygens (including phenoxy) is 1. The molecule has 0 bridgehead atoms. The Morgan fingerprint density at radius 1 is 1.08 bits per heavy atom. The molecule has 134 valence electrons. The third-order valence-electron chi connectivity index (χ3n) is 3.91. The van der Waals surface area contributed by atoms with E-state index in [0.717, 1.165) is 23.5 Å². The Morgan fingerprint density at radius 2 is 1.76 bits per heavy atom. The average molecular weight is 341 g/mol. The summed E-state index contributed by atoms with van der Waals surface area (Å²) in [4.78, 5) is 11.5. The van der Waals surface area contributed by atoms with E-state index in [1.165, 1.54) is 0 Å². The lowest BCUT2D eigenvalue weighted by atomic mass is 9.88. The van der Waals surface area contributed by atoms with Crippen molar-refractivity contribution in [2.24, 2.45) is 5.41 Å². The maximum absolute atomic E-state index is 11.5. The maximum Gasteiger partial charge on any atom is 0.320 e. The van der Waals surface area contributed by atoms with E-state index < -0.39 is 12.0 Å². The number of nitrogens with one attached hydrogen (secondary N) is 1. The van der Waals surface area contributed by atoms with E-state index in [2.05, 4.69) is 26.1 Å². The highest BCUT2D eigenvalue weighted by Gasteiger charge is 2.20. The van der Waals surface area contributed by atoms with Crippen molar-refractivity contribution in [3.05, 3.63) is 60.2 Å². The third-order valence-corrected chi connectivity index (χ3v) is 3.91. The molecule has 0 aliphatic heterocycles. The molecule has 0 radical (unpaired) electrons. The molecular weight excluding hydrogens is 314 g/mol. The molecule has 0 saturated heterocycles. The van der Waals surface area contributed by atoms with Crippen molar-refractivity contribution >= 4 is 5.97 Å². The van der Waals surface area contributed by atoms with E-state index in [1.54, 1.807) is 0 Å². The second-order valence-corrected chi connectivity index (χ2v) is 7.43. The Morgan fingerprint density at radius 3 is 2.40 bits per heavy atom. The van der Waals surface area contributed by atoms with Crippen LogP contribution in [0.5, 0.6) is 11.5 Å². The molecule has 0 heterocycles. The number of carbonyl (C=O) groups is 1. The van der Waals surface area contributed by atoms with E-state index in [-0.39, 0.29) is 5.41 Å². The van der Waals surface area contributed by atoms with Gasteiger partial charge in [0.2, 0.25) is 0 Å². The molecule has 4 heteroatoms. The summed E-state index contributed by atoms with van der Waals surface area (Å²) in [6.07, 6.45) is 1.47. The second kappa shape index (κ2) is 8.67. The first-order valence-corrected chi connectivity index (χ1v) is 8.61. The van der Waals surface area contributed by atoms with Crippen LogP contribution in [-0.4, -0.2) is 17.1 Å². The van der Waals surface area contributed by atoms with Gasteiger partial charge in [0.25, 0.3) is 0 Å². The molecule has 25 heavy (non-hydrogen) atoms. The van der Waals surface area contributed by atoms with Gasteiger partial charge in [-0.25, -0.2) is 0 Å². The number of benzene rings is 2. The van der Waals surface area contributed by atoms with E-state index in [9.17, 15) is 9.90 Å². The lowest BCUT2D eigenvalue weighted by Crippen LogP contribution is -2.37. The van der Waals surface area contributed by atoms with Crippen LogP contribution in [0.2, 0.25) is 0 Å². The van der Waals surface area contributed by atoms with Crippen LogP contribution in [0.15, 0.2) is 54.6 Å². The first-order chi connectivity index (χ1) is 11.8. The van der Waals surface area contributed by atoms with Crippen LogP contribution in [-0.2, 0) is 11.3 Å². The van der Waals surface area contributed by atoms with Gasteiger partial charge in [0.15, 0.2) is 0 Å². The average Bonchev–Trinajstić information content (AvgIpc) is 2.55. The molecule has 1 atom stereocenters. The molecule has 0 amide bonds. The van der Waals surface area contributed by atoms with Gasteiger partial charge in [-0.3, -0.25) is 4.79 Å². The predicted molar refractivity (Wildman–Crippen MR) is 99.9 cm³/mol. The van der Waals surface area contributed by atoms with E-state index in [1.807, 2.05) is 54.6 Å². The molecule has 0 aliphatic rings. The molecule has 0 unspecified atom stereocenters. The standard InChI is InChI=1S/C21H27NO3/c1-21(2,3)13-12-19(20(23)24)22-15-16-8-7-11-18(14-16)25-17-9-5-4-6-10-17/h4-11,14,19,22H,12-13,15H2,1-3H3,(H,23,24)/t19-/m0/s1. The topological polar surface area (TPSA) is 58.6 Å². The summed E-state index contributed by atoms with van der Waals surface area (Å²) in [5.74, 6) is 0.717. The lowest BCUT2D eigenvalue weighted by molar-refractivity contribution is -0.139. The molecular formula is C21H27NO3. The molecule has 4 nitrogen and oxygen atoms in total. The Labute approximate surface area is 149 Å². The summed E-state index contributed by atoms with van der Waals surface area (Å²) in [6.45, 7) is 6.86. The van der Waals surface area contributed by atoms with Gasteiger partial charge in [0.05, 0.1) is 0 Å². The maximum atomic E-state index is 11.5. The van der Waals surface area contributed by atoms with Crippen molar-refractivity contribution in [3.8, 4) is 11.5 Å². The Kier molecular flexibility index (Phi) is 6.59. The van der Waals surface area contributed by atoms with Crippen LogP contribution in [0.25, 0.3) is 0 Å². The van der Waals surface area contributed by atoms with Crippen LogP contribution in [0.4, 0.5) is 0 Å². The van der Waals surface area contributed by atoms with Gasteiger partial charge in [-0.15, -0.1) is 0 Å². The van der Waals surface area contributed by atoms with Gasteiger partial charge < -0.3 is 15.2 Å². The van der Waals surface area contributed by atoms with Gasteiger partial charge in [0.1, 0.15) is 17.5 Å². The van der Waals surface area contributed by atoms with Crippen molar-refractivity contribution in [2.45, 2.75) is 46.2 Å². The summed E-state index contributed by atoms with van der Waals surface area (Å²) in [5.41, 5.74) is 1.12. The minimum Gasteiger partial charge on any atom is -0.480 e. The summed E-state index contributed by atoms with van der Waals surface area (Å²) in [5, 5.41) is 12.6. The first kappa shape index (κ1) is 19.0. The predicted octanol–water partition coefficient (Wildman–Crippen LogP) is 4.85. The Hall–Kier alpha value is -2.33. The van der Waals surface area contributed by atoms with Gasteiger partial charge in [0, 0.05) is 6.54 Å². The highest BCUT2D eigenvalue weighted by molar-refractivity contribution is 5.73. The van der Waals surface area contributed by atoms with Crippen molar-refractivity contribution < 1.29 is 14.6 Å². The number of hydrogen-bond donors (Lipinski definition) is 2. The molecule has 0 aromatic heterocycles. The smallest absolute Gasteiger partial charge is 0.320 e. The number of carboxylic acid groups (broad SMARTS) is 1. The fourth-order valence-corrected chi connectivity index (χ4v) is 2.47. The zero-order valence-corrected chi connectivity index (χ0v) is 15.2. The molecule has 2 aromatic carbocycles. The molecule has 0 spiro atoms. The molecule has 2 N–H and O–H groups in total. The van der Waals surface area contributed by atoms with Crippen molar-refractivity contribution in [1.29, 1.82) is 0 Å². The fraction of sp³-hybridized carbons (Fsp3) is 0.381. The lowest BCUT2D eigenvalue weighted by Gasteiger charge is -2.21. The first-order valence-electron chi connectivity index (χ1n) is 8.61. The normalized spacial score (nSPS) is 12.6. The van der Waals surface area contributed by atoms with Crippen LogP contribution >= 0.6 is 0 Å². The van der Waals surface area contributed by atoms with Crippen molar-refractivity contribution in [3.63, 3.8) is 0 Å². The van der Waals surface area contributed by atoms with Crippen LogP contribution in [0.1, 0.15) is 39.2 Å². The van der Waals surface area contributed by atoms with Crippen LogP contribution in [0.3, 0.4) is 0 Å². The van der Waals surface area contributed by atoms with Gasteiger partial charge >= 0.3 is 5.97 Å². The van der Waals surface area contributed by atoms with Gasteiger partial charge in [-0.1, -0.05) is 51.1 Å². The minimum absolute atomic E-state index is 0.124. The highest BCUT2D eigenvalue weighted by atomic mass is 16.5. The Balaban J connectivity index is 1.95. The minimum atomic E-state index is -0.805. The fourth-order valence-electron chi connectivity index (χ4n) is 2.47. The zero-order valence-electron chi connectivity index (χ0n) is 15.2. The van der Waals surface area contributed by atoms with Crippen molar-refractivity contribution in [1.82, 2.24) is 5.32 Å². The monoisotopic (exact) mass is 341 g/mol. The van der Waals surface area contributed by atoms with Gasteiger partial charge in [-0.05, 0) is 48.1 Å².